The second-order valence-electron chi connectivity index (χ2n) is 4.29. The quantitative estimate of drug-likeness (QED) is 0.633. The summed E-state index contributed by atoms with van der Waals surface area (Å²) in [6.07, 6.45) is 2.96. The van der Waals surface area contributed by atoms with E-state index in [2.05, 4.69) is 0 Å². The minimum Gasteiger partial charge on any atom is -0.454 e. The van der Waals surface area contributed by atoms with Crippen LogP contribution in [0.1, 0.15) is 15.9 Å². The number of ketones is 1. The summed E-state index contributed by atoms with van der Waals surface area (Å²) >= 11 is 0. The highest BCUT2D eigenvalue weighted by atomic mass is 19.1. The van der Waals surface area contributed by atoms with Crippen molar-refractivity contribution in [1.29, 1.82) is 0 Å². The molecule has 1 aliphatic heterocycles. The number of carbonyl (C=O) groups is 1. The molecule has 0 unspecified atom stereocenters. The van der Waals surface area contributed by atoms with Gasteiger partial charge in [0.1, 0.15) is 5.82 Å². The zero-order chi connectivity index (χ0) is 13.9. The van der Waals surface area contributed by atoms with Crippen LogP contribution in [0, 0.1) is 5.82 Å². The molecule has 1 heterocycles. The molecule has 3 rings (SSSR count). The van der Waals surface area contributed by atoms with Crippen LogP contribution in [-0.2, 0) is 0 Å². The largest absolute Gasteiger partial charge is 0.454 e. The molecule has 0 aliphatic carbocycles. The van der Waals surface area contributed by atoms with E-state index < -0.39 is 5.82 Å². The fraction of sp³-hybridized carbons (Fsp3) is 0.0625. The van der Waals surface area contributed by atoms with Crippen molar-refractivity contribution in [2.45, 2.75) is 0 Å². The molecule has 2 aromatic rings. The fourth-order valence-corrected chi connectivity index (χ4v) is 1.94. The average molecular weight is 270 g/mol. The average Bonchev–Trinajstić information content (AvgIpc) is 2.92. The maximum Gasteiger partial charge on any atom is 0.231 e. The first-order valence-electron chi connectivity index (χ1n) is 6.10. The van der Waals surface area contributed by atoms with Gasteiger partial charge in [-0.05, 0) is 35.9 Å². The van der Waals surface area contributed by atoms with Crippen LogP contribution in [0.25, 0.3) is 6.08 Å². The number of allylic oxidation sites excluding steroid dienone is 1. The maximum atomic E-state index is 13.5. The van der Waals surface area contributed by atoms with Gasteiger partial charge in [0, 0.05) is 0 Å². The second kappa shape index (κ2) is 5.17. The summed E-state index contributed by atoms with van der Waals surface area (Å²) in [6, 6.07) is 11.3. The third kappa shape index (κ3) is 2.40. The van der Waals surface area contributed by atoms with E-state index in [-0.39, 0.29) is 18.1 Å². The van der Waals surface area contributed by atoms with E-state index in [1.807, 2.05) is 0 Å². The van der Waals surface area contributed by atoms with Crippen molar-refractivity contribution in [3.05, 3.63) is 65.5 Å². The summed E-state index contributed by atoms with van der Waals surface area (Å²) in [5.74, 6) is 0.432. The normalized spacial score (nSPS) is 12.8. The number of benzene rings is 2. The lowest BCUT2D eigenvalue weighted by atomic mass is 10.1. The SMILES string of the molecule is O=C(/C=C/c1ccc2c(c1)OCO2)c1ccccc1F. The molecule has 0 bridgehead atoms. The molecular formula is C16H11FO3. The van der Waals surface area contributed by atoms with Crippen LogP contribution < -0.4 is 9.47 Å². The first-order chi connectivity index (χ1) is 9.74. The van der Waals surface area contributed by atoms with Gasteiger partial charge in [-0.1, -0.05) is 24.3 Å². The summed E-state index contributed by atoms with van der Waals surface area (Å²) in [7, 11) is 0. The molecule has 3 nitrogen and oxygen atoms in total. The van der Waals surface area contributed by atoms with E-state index in [0.717, 1.165) is 5.56 Å². The molecule has 100 valence electrons. The molecule has 2 aromatic carbocycles. The minimum atomic E-state index is -0.521. The molecule has 0 atom stereocenters. The fourth-order valence-electron chi connectivity index (χ4n) is 1.94. The summed E-state index contributed by atoms with van der Waals surface area (Å²) < 4.78 is 23.9. The zero-order valence-electron chi connectivity index (χ0n) is 10.5. The topological polar surface area (TPSA) is 35.5 Å². The van der Waals surface area contributed by atoms with Crippen LogP contribution in [0.2, 0.25) is 0 Å². The van der Waals surface area contributed by atoms with Crippen LogP contribution in [0.3, 0.4) is 0 Å². The molecule has 0 saturated heterocycles. The molecule has 0 spiro atoms. The lowest BCUT2D eigenvalue weighted by Crippen LogP contribution is -1.97. The highest BCUT2D eigenvalue weighted by Crippen LogP contribution is 2.32. The monoisotopic (exact) mass is 270 g/mol. The molecule has 0 radical (unpaired) electrons. The molecule has 0 amide bonds. The summed E-state index contributed by atoms with van der Waals surface area (Å²) in [5, 5.41) is 0. The van der Waals surface area contributed by atoms with Crippen LogP contribution in [0.15, 0.2) is 48.5 Å². The highest BCUT2D eigenvalue weighted by Gasteiger charge is 2.12. The molecule has 0 N–H and O–H groups in total. The third-order valence-electron chi connectivity index (χ3n) is 2.96. The Hall–Kier alpha value is -2.62. The smallest absolute Gasteiger partial charge is 0.231 e. The van der Waals surface area contributed by atoms with Crippen LogP contribution in [0.5, 0.6) is 11.5 Å². The van der Waals surface area contributed by atoms with Gasteiger partial charge in [0.25, 0.3) is 0 Å². The Morgan fingerprint density at radius 2 is 1.90 bits per heavy atom. The van der Waals surface area contributed by atoms with Gasteiger partial charge in [0.05, 0.1) is 5.56 Å². The summed E-state index contributed by atoms with van der Waals surface area (Å²) in [5.41, 5.74) is 0.850. The number of carbonyl (C=O) groups excluding carboxylic acids is 1. The lowest BCUT2D eigenvalue weighted by molar-refractivity contribution is 0.104. The van der Waals surface area contributed by atoms with Crippen molar-refractivity contribution < 1.29 is 18.7 Å². The highest BCUT2D eigenvalue weighted by molar-refractivity contribution is 6.07. The van der Waals surface area contributed by atoms with Crippen molar-refractivity contribution in [3.8, 4) is 11.5 Å². The van der Waals surface area contributed by atoms with Gasteiger partial charge < -0.3 is 9.47 Å². The molecule has 0 fully saturated rings. The van der Waals surface area contributed by atoms with Crippen molar-refractivity contribution in [2.75, 3.05) is 6.79 Å². The van der Waals surface area contributed by atoms with Gasteiger partial charge in [0.15, 0.2) is 17.3 Å². The number of hydrogen-bond donors (Lipinski definition) is 0. The van der Waals surface area contributed by atoms with Gasteiger partial charge >= 0.3 is 0 Å². The van der Waals surface area contributed by atoms with Crippen LogP contribution in [0.4, 0.5) is 4.39 Å². The lowest BCUT2D eigenvalue weighted by Gasteiger charge is -1.99. The van der Waals surface area contributed by atoms with E-state index in [9.17, 15) is 9.18 Å². The predicted octanol–water partition coefficient (Wildman–Crippen LogP) is 3.45. The van der Waals surface area contributed by atoms with Crippen molar-refractivity contribution in [3.63, 3.8) is 0 Å². The van der Waals surface area contributed by atoms with Gasteiger partial charge in [-0.15, -0.1) is 0 Å². The van der Waals surface area contributed by atoms with E-state index in [1.54, 1.807) is 36.4 Å². The van der Waals surface area contributed by atoms with Gasteiger partial charge in [0.2, 0.25) is 6.79 Å². The zero-order valence-corrected chi connectivity index (χ0v) is 10.5. The molecule has 4 heteroatoms. The first-order valence-corrected chi connectivity index (χ1v) is 6.10. The minimum absolute atomic E-state index is 0.0597. The number of halogens is 1. The van der Waals surface area contributed by atoms with Gasteiger partial charge in [-0.25, -0.2) is 4.39 Å². The Labute approximate surface area is 115 Å². The van der Waals surface area contributed by atoms with Crippen molar-refractivity contribution in [1.82, 2.24) is 0 Å². The summed E-state index contributed by atoms with van der Waals surface area (Å²) in [6.45, 7) is 0.205. The van der Waals surface area contributed by atoms with Crippen molar-refractivity contribution >= 4 is 11.9 Å². The van der Waals surface area contributed by atoms with E-state index in [0.29, 0.717) is 11.5 Å². The Morgan fingerprint density at radius 3 is 2.75 bits per heavy atom. The van der Waals surface area contributed by atoms with Crippen molar-refractivity contribution in [2.24, 2.45) is 0 Å². The summed E-state index contributed by atoms with van der Waals surface area (Å²) in [4.78, 5) is 11.9. The van der Waals surface area contributed by atoms with Crippen LogP contribution in [-0.4, -0.2) is 12.6 Å². The number of rotatable bonds is 3. The third-order valence-corrected chi connectivity index (χ3v) is 2.96. The predicted molar refractivity (Wildman–Crippen MR) is 72.3 cm³/mol. The molecule has 0 aromatic heterocycles. The van der Waals surface area contributed by atoms with Gasteiger partial charge in [-0.3, -0.25) is 4.79 Å². The van der Waals surface area contributed by atoms with Crippen LogP contribution >= 0.6 is 0 Å². The maximum absolute atomic E-state index is 13.5. The number of fused-ring (bicyclic) bond motifs is 1. The Morgan fingerprint density at radius 1 is 1.10 bits per heavy atom. The van der Waals surface area contributed by atoms with E-state index in [1.165, 1.54) is 18.2 Å². The number of ether oxygens (including phenoxy) is 2. The second-order valence-corrected chi connectivity index (χ2v) is 4.29. The Bertz CT molecular complexity index is 692. The van der Waals surface area contributed by atoms with E-state index >= 15 is 0 Å². The first kappa shape index (κ1) is 12.4. The Balaban J connectivity index is 1.81. The standard InChI is InChI=1S/C16H11FO3/c17-13-4-2-1-3-12(13)14(18)7-5-11-6-8-15-16(9-11)20-10-19-15/h1-9H,10H2/b7-5+. The Kier molecular flexibility index (Phi) is 3.21. The molecule has 20 heavy (non-hydrogen) atoms. The molecule has 0 saturated carbocycles. The van der Waals surface area contributed by atoms with E-state index in [4.69, 9.17) is 9.47 Å². The number of hydrogen-bond acceptors (Lipinski definition) is 3. The van der Waals surface area contributed by atoms with Gasteiger partial charge in [-0.2, -0.15) is 0 Å². The molecule has 1 aliphatic rings. The molecular weight excluding hydrogens is 259 g/mol.